The van der Waals surface area contributed by atoms with Crippen molar-refractivity contribution in [2.24, 2.45) is 5.73 Å². The maximum Gasteiger partial charge on any atom is 0.0344 e. The van der Waals surface area contributed by atoms with Crippen molar-refractivity contribution in [3.8, 4) is 0 Å². The predicted molar refractivity (Wildman–Crippen MR) is 75.3 cm³/mol. The summed E-state index contributed by atoms with van der Waals surface area (Å²) in [6, 6.07) is 0. The molecule has 1 atom stereocenters. The molecule has 3 nitrogen and oxygen atoms in total. The van der Waals surface area contributed by atoms with Gasteiger partial charge in [-0.1, -0.05) is 20.8 Å². The molecule has 17 heavy (non-hydrogen) atoms. The van der Waals surface area contributed by atoms with E-state index in [-0.39, 0.29) is 5.54 Å². The molecule has 0 spiro atoms. The number of likely N-dealkylation sites (N-methyl/N-ethyl adjacent to an activating group) is 1. The van der Waals surface area contributed by atoms with E-state index < -0.39 is 0 Å². The summed E-state index contributed by atoms with van der Waals surface area (Å²) in [5.41, 5.74) is 6.41. The molecule has 0 bridgehead atoms. The van der Waals surface area contributed by atoms with E-state index in [1.807, 2.05) is 0 Å². The third kappa shape index (κ3) is 3.67. The Morgan fingerprint density at radius 2 is 1.94 bits per heavy atom. The second kappa shape index (κ2) is 7.34. The van der Waals surface area contributed by atoms with E-state index in [0.29, 0.717) is 0 Å². The minimum Gasteiger partial charge on any atom is -0.329 e. The van der Waals surface area contributed by atoms with Gasteiger partial charge < -0.3 is 10.6 Å². The van der Waals surface area contributed by atoms with E-state index in [2.05, 4.69) is 30.6 Å². The largest absolute Gasteiger partial charge is 0.329 e. The molecule has 3 heteroatoms. The molecule has 1 unspecified atom stereocenters. The van der Waals surface area contributed by atoms with Gasteiger partial charge in [-0.25, -0.2) is 0 Å². The number of nitrogens with two attached hydrogens (primary N) is 1. The molecule has 1 saturated heterocycles. The molecule has 1 aliphatic heterocycles. The van der Waals surface area contributed by atoms with Crippen LogP contribution in [-0.4, -0.2) is 54.6 Å². The summed E-state index contributed by atoms with van der Waals surface area (Å²) in [4.78, 5) is 5.20. The quantitative estimate of drug-likeness (QED) is 0.771. The Hall–Kier alpha value is -0.120. The van der Waals surface area contributed by atoms with Crippen molar-refractivity contribution in [1.29, 1.82) is 0 Å². The minimum atomic E-state index is 0.272. The van der Waals surface area contributed by atoms with Crippen LogP contribution < -0.4 is 5.73 Å². The van der Waals surface area contributed by atoms with Gasteiger partial charge in [0.05, 0.1) is 0 Å². The third-order valence-electron chi connectivity index (χ3n) is 4.38. The van der Waals surface area contributed by atoms with Gasteiger partial charge in [0.25, 0.3) is 0 Å². The van der Waals surface area contributed by atoms with E-state index in [9.17, 15) is 0 Å². The number of hydrogen-bond donors (Lipinski definition) is 1. The Labute approximate surface area is 107 Å². The van der Waals surface area contributed by atoms with Crippen LogP contribution in [0.25, 0.3) is 0 Å². The van der Waals surface area contributed by atoms with E-state index in [4.69, 9.17) is 5.73 Å². The minimum absolute atomic E-state index is 0.272. The van der Waals surface area contributed by atoms with E-state index in [1.54, 1.807) is 0 Å². The smallest absolute Gasteiger partial charge is 0.0344 e. The second-order valence-corrected chi connectivity index (χ2v) is 5.30. The molecule has 1 rings (SSSR count). The molecule has 0 aromatic rings. The molecule has 0 aromatic heterocycles. The normalized spacial score (nSPS) is 27.4. The Morgan fingerprint density at radius 1 is 1.18 bits per heavy atom. The van der Waals surface area contributed by atoms with Crippen LogP contribution in [0.3, 0.4) is 0 Å². The number of nitrogens with zero attached hydrogens (tertiary/aromatic N) is 2. The lowest BCUT2D eigenvalue weighted by Gasteiger charge is -2.42. The van der Waals surface area contributed by atoms with Crippen molar-refractivity contribution in [1.82, 2.24) is 9.80 Å². The van der Waals surface area contributed by atoms with Crippen LogP contribution in [0.15, 0.2) is 0 Å². The van der Waals surface area contributed by atoms with Crippen molar-refractivity contribution >= 4 is 0 Å². The Kier molecular flexibility index (Phi) is 6.45. The number of likely N-dealkylation sites (tertiary alicyclic amines) is 1. The first-order chi connectivity index (χ1) is 8.22. The predicted octanol–water partition coefficient (Wildman–Crippen LogP) is 1.92. The molecule has 1 fully saturated rings. The zero-order chi connectivity index (χ0) is 12.7. The van der Waals surface area contributed by atoms with E-state index in [1.165, 1.54) is 51.9 Å². The van der Waals surface area contributed by atoms with Crippen LogP contribution in [0.4, 0.5) is 0 Å². The Balaban J connectivity index is 2.72. The van der Waals surface area contributed by atoms with Gasteiger partial charge in [-0.3, -0.25) is 4.90 Å². The monoisotopic (exact) mass is 241 g/mol. The third-order valence-corrected chi connectivity index (χ3v) is 4.38. The molecular weight excluding hydrogens is 210 g/mol. The van der Waals surface area contributed by atoms with Gasteiger partial charge in [-0.05, 0) is 58.4 Å². The van der Waals surface area contributed by atoms with Crippen molar-refractivity contribution < 1.29 is 0 Å². The van der Waals surface area contributed by atoms with Gasteiger partial charge in [0.1, 0.15) is 0 Å². The van der Waals surface area contributed by atoms with E-state index in [0.717, 1.165) is 13.1 Å². The first-order valence-electron chi connectivity index (χ1n) is 7.39. The molecule has 0 saturated carbocycles. The summed E-state index contributed by atoms with van der Waals surface area (Å²) in [6.07, 6.45) is 5.04. The maximum absolute atomic E-state index is 6.14. The van der Waals surface area contributed by atoms with Crippen molar-refractivity contribution in [3.63, 3.8) is 0 Å². The van der Waals surface area contributed by atoms with Crippen LogP contribution in [-0.2, 0) is 0 Å². The Bertz CT molecular complexity index is 208. The van der Waals surface area contributed by atoms with Crippen LogP contribution in [0.1, 0.15) is 46.5 Å². The lowest BCUT2D eigenvalue weighted by molar-refractivity contribution is 0.0836. The molecule has 0 aliphatic carbocycles. The first kappa shape index (κ1) is 14.9. The fourth-order valence-corrected chi connectivity index (χ4v) is 3.20. The molecule has 0 amide bonds. The van der Waals surface area contributed by atoms with Crippen LogP contribution >= 0.6 is 0 Å². The van der Waals surface area contributed by atoms with Crippen molar-refractivity contribution in [2.75, 3.05) is 39.3 Å². The van der Waals surface area contributed by atoms with Gasteiger partial charge >= 0.3 is 0 Å². The summed E-state index contributed by atoms with van der Waals surface area (Å²) in [5, 5.41) is 0. The van der Waals surface area contributed by atoms with Gasteiger partial charge in [-0.2, -0.15) is 0 Å². The molecule has 0 radical (unpaired) electrons. The summed E-state index contributed by atoms with van der Waals surface area (Å²) in [7, 11) is 0. The lowest BCUT2D eigenvalue weighted by Crippen LogP contribution is -2.54. The SMILES string of the molecule is CCCN(CC)C1(CN)CCCN(CC)CC1. The molecule has 102 valence electrons. The lowest BCUT2D eigenvalue weighted by atomic mass is 9.88. The van der Waals surface area contributed by atoms with Gasteiger partial charge in [0.15, 0.2) is 0 Å². The summed E-state index contributed by atoms with van der Waals surface area (Å²) in [5.74, 6) is 0. The van der Waals surface area contributed by atoms with Crippen molar-refractivity contribution in [3.05, 3.63) is 0 Å². The van der Waals surface area contributed by atoms with Gasteiger partial charge in [0, 0.05) is 12.1 Å². The highest BCUT2D eigenvalue weighted by Crippen LogP contribution is 2.28. The highest BCUT2D eigenvalue weighted by molar-refractivity contribution is 4.94. The van der Waals surface area contributed by atoms with Gasteiger partial charge in [0.2, 0.25) is 0 Å². The topological polar surface area (TPSA) is 32.5 Å². The molecule has 1 aliphatic rings. The molecule has 2 N–H and O–H groups in total. The zero-order valence-corrected chi connectivity index (χ0v) is 12.0. The summed E-state index contributed by atoms with van der Waals surface area (Å²) < 4.78 is 0. The fourth-order valence-electron chi connectivity index (χ4n) is 3.20. The highest BCUT2D eigenvalue weighted by atomic mass is 15.2. The van der Waals surface area contributed by atoms with Gasteiger partial charge in [-0.15, -0.1) is 0 Å². The van der Waals surface area contributed by atoms with Crippen LogP contribution in [0.5, 0.6) is 0 Å². The number of rotatable bonds is 6. The maximum atomic E-state index is 6.14. The number of hydrogen-bond acceptors (Lipinski definition) is 3. The Morgan fingerprint density at radius 3 is 2.47 bits per heavy atom. The fraction of sp³-hybridized carbons (Fsp3) is 1.00. The highest BCUT2D eigenvalue weighted by Gasteiger charge is 2.35. The van der Waals surface area contributed by atoms with Crippen molar-refractivity contribution in [2.45, 2.75) is 52.0 Å². The van der Waals surface area contributed by atoms with Crippen LogP contribution in [0.2, 0.25) is 0 Å². The first-order valence-corrected chi connectivity index (χ1v) is 7.39. The average Bonchev–Trinajstić information content (AvgIpc) is 2.58. The summed E-state index contributed by atoms with van der Waals surface area (Å²) in [6.45, 7) is 13.6. The molecule has 0 aromatic carbocycles. The molecular formula is C14H31N3. The molecule has 1 heterocycles. The average molecular weight is 241 g/mol. The standard InChI is InChI=1S/C14H31N3/c1-4-10-17(6-3)14(13-15)8-7-11-16(5-2)12-9-14/h4-13,15H2,1-3H3. The second-order valence-electron chi connectivity index (χ2n) is 5.30. The van der Waals surface area contributed by atoms with E-state index >= 15 is 0 Å². The zero-order valence-electron chi connectivity index (χ0n) is 12.0. The van der Waals surface area contributed by atoms with Crippen LogP contribution in [0, 0.1) is 0 Å². The summed E-state index contributed by atoms with van der Waals surface area (Å²) >= 11 is 0.